The average molecular weight is 276 g/mol. The molecular weight excluding hydrogens is 256 g/mol. The molecule has 5 N–H and O–H groups in total. The summed E-state index contributed by atoms with van der Waals surface area (Å²) in [5, 5.41) is 13.6. The minimum Gasteiger partial charge on any atom is -0.399 e. The van der Waals surface area contributed by atoms with Gasteiger partial charge in [0.15, 0.2) is 0 Å². The van der Waals surface area contributed by atoms with Crippen LogP contribution in [-0.4, -0.2) is 26.2 Å². The van der Waals surface area contributed by atoms with E-state index < -0.39 is 11.1 Å². The first-order valence-electron chi connectivity index (χ1n) is 6.40. The van der Waals surface area contributed by atoms with Gasteiger partial charge in [0.05, 0.1) is 22.0 Å². The highest BCUT2D eigenvalue weighted by atomic mass is 16.3. The van der Waals surface area contributed by atoms with Crippen molar-refractivity contribution >= 4 is 22.5 Å². The van der Waals surface area contributed by atoms with E-state index in [1.807, 2.05) is 13.8 Å². The number of rotatable bonds is 3. The Hall–Kier alpha value is -2.08. The lowest BCUT2D eigenvalue weighted by Gasteiger charge is -2.38. The molecule has 0 atom stereocenters. The number of aromatic nitrogens is 2. The van der Waals surface area contributed by atoms with Crippen molar-refractivity contribution in [2.75, 3.05) is 11.1 Å². The maximum absolute atomic E-state index is 12.0. The molecule has 0 aliphatic rings. The van der Waals surface area contributed by atoms with Gasteiger partial charge in [-0.2, -0.15) is 0 Å². The first-order valence-corrected chi connectivity index (χ1v) is 6.40. The maximum Gasteiger partial charge on any atom is 0.260 e. The van der Waals surface area contributed by atoms with Gasteiger partial charge >= 0.3 is 0 Å². The van der Waals surface area contributed by atoms with E-state index in [1.54, 1.807) is 32.0 Å². The topological polar surface area (TPSA) is 104 Å². The van der Waals surface area contributed by atoms with Gasteiger partial charge in [-0.15, -0.1) is 0 Å². The SMILES string of the molecule is CC(C)(O)C(C)(C)Nc1nc2ccc(N)cc2c(=O)[nH]1. The highest BCUT2D eigenvalue weighted by Gasteiger charge is 2.35. The summed E-state index contributed by atoms with van der Waals surface area (Å²) >= 11 is 0. The normalized spacial score (nSPS) is 12.7. The molecule has 2 aromatic rings. The maximum atomic E-state index is 12.0. The number of nitrogens with two attached hydrogens (primary N) is 1. The molecule has 0 aliphatic heterocycles. The van der Waals surface area contributed by atoms with Gasteiger partial charge in [-0.25, -0.2) is 4.98 Å². The predicted octanol–water partition coefficient (Wildman–Crippen LogP) is 1.47. The molecule has 0 unspecified atom stereocenters. The van der Waals surface area contributed by atoms with E-state index in [1.165, 1.54) is 0 Å². The summed E-state index contributed by atoms with van der Waals surface area (Å²) in [4.78, 5) is 19.0. The zero-order chi connectivity index (χ0) is 15.1. The van der Waals surface area contributed by atoms with Crippen LogP contribution in [0, 0.1) is 0 Å². The second kappa shape index (κ2) is 4.49. The summed E-state index contributed by atoms with van der Waals surface area (Å²) < 4.78 is 0. The second-order valence-corrected chi connectivity index (χ2v) is 6.00. The van der Waals surface area contributed by atoms with Gasteiger partial charge in [0.2, 0.25) is 5.95 Å². The van der Waals surface area contributed by atoms with Crippen LogP contribution in [0.1, 0.15) is 27.7 Å². The highest BCUT2D eigenvalue weighted by Crippen LogP contribution is 2.24. The fourth-order valence-corrected chi connectivity index (χ4v) is 1.66. The number of hydrogen-bond acceptors (Lipinski definition) is 5. The molecule has 108 valence electrons. The number of aromatic amines is 1. The zero-order valence-electron chi connectivity index (χ0n) is 12.1. The smallest absolute Gasteiger partial charge is 0.260 e. The van der Waals surface area contributed by atoms with E-state index in [9.17, 15) is 9.90 Å². The Balaban J connectivity index is 2.48. The number of nitrogen functional groups attached to an aromatic ring is 1. The van der Waals surface area contributed by atoms with Gasteiger partial charge < -0.3 is 16.2 Å². The largest absolute Gasteiger partial charge is 0.399 e. The molecular formula is C14H20N4O2. The molecule has 6 heteroatoms. The Morgan fingerprint density at radius 3 is 2.55 bits per heavy atom. The minimum atomic E-state index is -0.984. The Morgan fingerprint density at radius 1 is 1.30 bits per heavy atom. The number of fused-ring (bicyclic) bond motifs is 1. The monoisotopic (exact) mass is 276 g/mol. The molecule has 0 spiro atoms. The molecule has 1 aromatic carbocycles. The lowest BCUT2D eigenvalue weighted by atomic mass is 9.86. The van der Waals surface area contributed by atoms with E-state index in [-0.39, 0.29) is 5.56 Å². The van der Waals surface area contributed by atoms with Crippen LogP contribution in [0.2, 0.25) is 0 Å². The number of nitrogens with one attached hydrogen (secondary N) is 2. The van der Waals surface area contributed by atoms with Crippen molar-refractivity contribution < 1.29 is 5.11 Å². The van der Waals surface area contributed by atoms with Crippen molar-refractivity contribution in [3.63, 3.8) is 0 Å². The lowest BCUT2D eigenvalue weighted by Crippen LogP contribution is -2.51. The Morgan fingerprint density at radius 2 is 1.95 bits per heavy atom. The summed E-state index contributed by atoms with van der Waals surface area (Å²) in [5.41, 5.74) is 4.82. The molecule has 0 aliphatic carbocycles. The quantitative estimate of drug-likeness (QED) is 0.635. The van der Waals surface area contributed by atoms with Gasteiger partial charge in [-0.05, 0) is 45.9 Å². The van der Waals surface area contributed by atoms with Crippen molar-refractivity contribution in [3.05, 3.63) is 28.6 Å². The molecule has 0 fully saturated rings. The van der Waals surface area contributed by atoms with Crippen LogP contribution in [-0.2, 0) is 0 Å². The lowest BCUT2D eigenvalue weighted by molar-refractivity contribution is 0.0237. The second-order valence-electron chi connectivity index (χ2n) is 6.00. The number of aliphatic hydroxyl groups is 1. The molecule has 2 rings (SSSR count). The van der Waals surface area contributed by atoms with Crippen molar-refractivity contribution in [1.29, 1.82) is 0 Å². The van der Waals surface area contributed by atoms with Crippen LogP contribution in [0.25, 0.3) is 10.9 Å². The molecule has 0 amide bonds. The van der Waals surface area contributed by atoms with Crippen LogP contribution >= 0.6 is 0 Å². The van der Waals surface area contributed by atoms with E-state index in [0.717, 1.165) is 0 Å². The van der Waals surface area contributed by atoms with E-state index in [4.69, 9.17) is 5.73 Å². The van der Waals surface area contributed by atoms with Crippen molar-refractivity contribution in [3.8, 4) is 0 Å². The number of hydrogen-bond donors (Lipinski definition) is 4. The molecule has 0 saturated carbocycles. The summed E-state index contributed by atoms with van der Waals surface area (Å²) in [6.45, 7) is 7.06. The number of benzene rings is 1. The molecule has 1 aromatic heterocycles. The van der Waals surface area contributed by atoms with Crippen molar-refractivity contribution in [2.24, 2.45) is 0 Å². The number of nitrogens with zero attached hydrogens (tertiary/aromatic N) is 1. The zero-order valence-corrected chi connectivity index (χ0v) is 12.1. The molecule has 6 nitrogen and oxygen atoms in total. The predicted molar refractivity (Wildman–Crippen MR) is 80.8 cm³/mol. The van der Waals surface area contributed by atoms with E-state index in [0.29, 0.717) is 22.5 Å². The van der Waals surface area contributed by atoms with Crippen LogP contribution in [0.15, 0.2) is 23.0 Å². The van der Waals surface area contributed by atoms with Gasteiger partial charge in [-0.1, -0.05) is 0 Å². The third-order valence-corrected chi connectivity index (χ3v) is 3.69. The van der Waals surface area contributed by atoms with Crippen LogP contribution in [0.4, 0.5) is 11.6 Å². The molecule has 1 heterocycles. The van der Waals surface area contributed by atoms with E-state index in [2.05, 4.69) is 15.3 Å². The van der Waals surface area contributed by atoms with Crippen molar-refractivity contribution in [2.45, 2.75) is 38.8 Å². The van der Waals surface area contributed by atoms with Gasteiger partial charge in [0.25, 0.3) is 5.56 Å². The Labute approximate surface area is 117 Å². The highest BCUT2D eigenvalue weighted by molar-refractivity contribution is 5.81. The summed E-state index contributed by atoms with van der Waals surface area (Å²) in [6, 6.07) is 4.98. The molecule has 0 radical (unpaired) electrons. The van der Waals surface area contributed by atoms with Gasteiger partial charge in [0.1, 0.15) is 0 Å². The number of anilines is 2. The molecule has 0 saturated heterocycles. The number of H-pyrrole nitrogens is 1. The van der Waals surface area contributed by atoms with Gasteiger partial charge in [0, 0.05) is 5.69 Å². The van der Waals surface area contributed by atoms with Crippen LogP contribution < -0.4 is 16.6 Å². The third-order valence-electron chi connectivity index (χ3n) is 3.69. The van der Waals surface area contributed by atoms with Crippen molar-refractivity contribution in [1.82, 2.24) is 9.97 Å². The molecule has 20 heavy (non-hydrogen) atoms. The summed E-state index contributed by atoms with van der Waals surface area (Å²) in [6.07, 6.45) is 0. The summed E-state index contributed by atoms with van der Waals surface area (Å²) in [7, 11) is 0. The van der Waals surface area contributed by atoms with E-state index >= 15 is 0 Å². The average Bonchev–Trinajstić information content (AvgIpc) is 2.28. The minimum absolute atomic E-state index is 0.267. The molecule has 0 bridgehead atoms. The fourth-order valence-electron chi connectivity index (χ4n) is 1.66. The Kier molecular flexibility index (Phi) is 3.21. The van der Waals surface area contributed by atoms with Crippen LogP contribution in [0.3, 0.4) is 0 Å². The first-order chi connectivity index (χ1) is 9.10. The fraction of sp³-hybridized carbons (Fsp3) is 0.429. The third kappa shape index (κ3) is 2.60. The Bertz CT molecular complexity index is 698. The van der Waals surface area contributed by atoms with Crippen LogP contribution in [0.5, 0.6) is 0 Å². The summed E-state index contributed by atoms with van der Waals surface area (Å²) in [5.74, 6) is 0.319. The standard InChI is InChI=1S/C14H20N4O2/c1-13(2,14(3,4)20)18-12-16-10-6-5-8(15)7-9(10)11(19)17-12/h5-7,20H,15H2,1-4H3,(H2,16,17,18,19). The van der Waals surface area contributed by atoms with Gasteiger partial charge in [-0.3, -0.25) is 9.78 Å². The first kappa shape index (κ1) is 14.3.